The molecule has 100 valence electrons. The summed E-state index contributed by atoms with van der Waals surface area (Å²) in [4.78, 5) is 0. The van der Waals surface area contributed by atoms with E-state index in [2.05, 4.69) is 44.0 Å². The first-order chi connectivity index (χ1) is 9.08. The summed E-state index contributed by atoms with van der Waals surface area (Å²) in [5, 5.41) is 0. The van der Waals surface area contributed by atoms with E-state index in [-0.39, 0.29) is 6.04 Å². The standard InChI is InChI=1S/C15H15Br2NO/c1-19-14-4-2-10(3-5-14)6-15(18)11-7-12(16)9-13(17)8-11/h2-5,7-9,15H,6,18H2,1H3. The van der Waals surface area contributed by atoms with Crippen molar-refractivity contribution in [3.05, 3.63) is 62.5 Å². The van der Waals surface area contributed by atoms with E-state index < -0.39 is 0 Å². The molecule has 0 aromatic heterocycles. The summed E-state index contributed by atoms with van der Waals surface area (Å²) < 4.78 is 7.21. The van der Waals surface area contributed by atoms with Crippen LogP contribution >= 0.6 is 31.9 Å². The highest BCUT2D eigenvalue weighted by Gasteiger charge is 2.09. The van der Waals surface area contributed by atoms with Crippen LogP contribution in [0.3, 0.4) is 0 Å². The molecule has 0 amide bonds. The van der Waals surface area contributed by atoms with E-state index in [1.165, 1.54) is 5.56 Å². The minimum absolute atomic E-state index is 0.0257. The Labute approximate surface area is 130 Å². The Morgan fingerprint density at radius 3 is 2.16 bits per heavy atom. The maximum atomic E-state index is 6.26. The molecule has 1 unspecified atom stereocenters. The smallest absolute Gasteiger partial charge is 0.118 e. The van der Waals surface area contributed by atoms with E-state index in [0.29, 0.717) is 0 Å². The fourth-order valence-electron chi connectivity index (χ4n) is 1.92. The van der Waals surface area contributed by atoms with Gasteiger partial charge in [0, 0.05) is 15.0 Å². The second-order valence-electron chi connectivity index (χ2n) is 4.36. The summed E-state index contributed by atoms with van der Waals surface area (Å²) in [6.07, 6.45) is 0.798. The molecule has 0 aliphatic carbocycles. The van der Waals surface area contributed by atoms with Gasteiger partial charge in [0.15, 0.2) is 0 Å². The van der Waals surface area contributed by atoms with Gasteiger partial charge in [0.05, 0.1) is 7.11 Å². The lowest BCUT2D eigenvalue weighted by atomic mass is 10.00. The number of rotatable bonds is 4. The quantitative estimate of drug-likeness (QED) is 0.844. The van der Waals surface area contributed by atoms with Crippen molar-refractivity contribution >= 4 is 31.9 Å². The van der Waals surface area contributed by atoms with Crippen LogP contribution in [-0.2, 0) is 6.42 Å². The van der Waals surface area contributed by atoms with Crippen molar-refractivity contribution in [2.75, 3.05) is 7.11 Å². The first-order valence-corrected chi connectivity index (χ1v) is 7.51. The minimum atomic E-state index is -0.0257. The average Bonchev–Trinajstić information content (AvgIpc) is 2.38. The summed E-state index contributed by atoms with van der Waals surface area (Å²) >= 11 is 6.97. The van der Waals surface area contributed by atoms with Crippen LogP contribution in [0.15, 0.2) is 51.4 Å². The monoisotopic (exact) mass is 383 g/mol. The Morgan fingerprint density at radius 1 is 1.05 bits per heavy atom. The Bertz CT molecular complexity index is 534. The number of hydrogen-bond acceptors (Lipinski definition) is 2. The maximum Gasteiger partial charge on any atom is 0.118 e. The molecule has 2 aromatic rings. The lowest BCUT2D eigenvalue weighted by Crippen LogP contribution is -2.13. The topological polar surface area (TPSA) is 35.2 Å². The van der Waals surface area contributed by atoms with Gasteiger partial charge in [0.25, 0.3) is 0 Å². The molecule has 0 saturated carbocycles. The van der Waals surface area contributed by atoms with Gasteiger partial charge in [-0.15, -0.1) is 0 Å². The van der Waals surface area contributed by atoms with Crippen molar-refractivity contribution in [2.45, 2.75) is 12.5 Å². The molecule has 2 rings (SSSR count). The summed E-state index contributed by atoms with van der Waals surface area (Å²) in [6, 6.07) is 14.1. The van der Waals surface area contributed by atoms with Gasteiger partial charge in [0.2, 0.25) is 0 Å². The van der Waals surface area contributed by atoms with Crippen LogP contribution in [-0.4, -0.2) is 7.11 Å². The van der Waals surface area contributed by atoms with Crippen molar-refractivity contribution in [1.82, 2.24) is 0 Å². The first-order valence-electron chi connectivity index (χ1n) is 5.93. The largest absolute Gasteiger partial charge is 0.497 e. The predicted octanol–water partition coefficient (Wildman–Crippen LogP) is 4.46. The lowest BCUT2D eigenvalue weighted by Gasteiger charge is -2.13. The molecule has 4 heteroatoms. The zero-order valence-electron chi connectivity index (χ0n) is 10.6. The second kappa shape index (κ2) is 6.55. The molecule has 0 fully saturated rings. The van der Waals surface area contributed by atoms with Crippen LogP contribution in [0.5, 0.6) is 5.75 Å². The molecule has 0 aliphatic heterocycles. The first kappa shape index (κ1) is 14.6. The Morgan fingerprint density at radius 2 is 1.63 bits per heavy atom. The summed E-state index contributed by atoms with van der Waals surface area (Å²) in [6.45, 7) is 0. The highest BCUT2D eigenvalue weighted by atomic mass is 79.9. The number of benzene rings is 2. The van der Waals surface area contributed by atoms with Gasteiger partial charge in [-0.3, -0.25) is 0 Å². The van der Waals surface area contributed by atoms with E-state index in [4.69, 9.17) is 10.5 Å². The zero-order chi connectivity index (χ0) is 13.8. The Balaban J connectivity index is 2.13. The second-order valence-corrected chi connectivity index (χ2v) is 6.19. The molecule has 0 radical (unpaired) electrons. The van der Waals surface area contributed by atoms with Gasteiger partial charge < -0.3 is 10.5 Å². The van der Waals surface area contributed by atoms with Crippen LogP contribution in [0.1, 0.15) is 17.2 Å². The third-order valence-electron chi connectivity index (χ3n) is 2.93. The van der Waals surface area contributed by atoms with E-state index in [9.17, 15) is 0 Å². The van der Waals surface area contributed by atoms with Crippen LogP contribution in [0.2, 0.25) is 0 Å². The normalized spacial score (nSPS) is 12.2. The SMILES string of the molecule is COc1ccc(CC(N)c2cc(Br)cc(Br)c2)cc1. The van der Waals surface area contributed by atoms with E-state index in [1.807, 2.05) is 30.3 Å². The van der Waals surface area contributed by atoms with Crippen LogP contribution in [0, 0.1) is 0 Å². The fourth-order valence-corrected chi connectivity index (χ4v) is 3.25. The highest BCUT2D eigenvalue weighted by Crippen LogP contribution is 2.25. The molecule has 0 heterocycles. The molecule has 19 heavy (non-hydrogen) atoms. The van der Waals surface area contributed by atoms with Crippen LogP contribution in [0.25, 0.3) is 0 Å². The van der Waals surface area contributed by atoms with E-state index in [0.717, 1.165) is 26.7 Å². The van der Waals surface area contributed by atoms with Gasteiger partial charge in [-0.1, -0.05) is 44.0 Å². The summed E-state index contributed by atoms with van der Waals surface area (Å²) in [5.41, 5.74) is 8.57. The zero-order valence-corrected chi connectivity index (χ0v) is 13.7. The number of ether oxygens (including phenoxy) is 1. The minimum Gasteiger partial charge on any atom is -0.497 e. The molecule has 2 aromatic carbocycles. The van der Waals surface area contributed by atoms with Gasteiger partial charge in [0.1, 0.15) is 5.75 Å². The molecular weight excluding hydrogens is 370 g/mol. The number of nitrogens with two attached hydrogens (primary N) is 1. The van der Waals surface area contributed by atoms with Gasteiger partial charge in [-0.25, -0.2) is 0 Å². The highest BCUT2D eigenvalue weighted by molar-refractivity contribution is 9.11. The number of halogens is 2. The molecule has 2 N–H and O–H groups in total. The van der Waals surface area contributed by atoms with E-state index in [1.54, 1.807) is 7.11 Å². The molecular formula is C15H15Br2NO. The van der Waals surface area contributed by atoms with Crippen molar-refractivity contribution in [1.29, 1.82) is 0 Å². The summed E-state index contributed by atoms with van der Waals surface area (Å²) in [7, 11) is 1.67. The van der Waals surface area contributed by atoms with Gasteiger partial charge in [-0.05, 0) is 47.9 Å². The Hall–Kier alpha value is -0.840. The Kier molecular flexibility index (Phi) is 5.02. The maximum absolute atomic E-state index is 6.26. The van der Waals surface area contributed by atoms with Crippen LogP contribution in [0.4, 0.5) is 0 Å². The van der Waals surface area contributed by atoms with Gasteiger partial charge >= 0.3 is 0 Å². The molecule has 0 saturated heterocycles. The van der Waals surface area contributed by atoms with Crippen LogP contribution < -0.4 is 10.5 Å². The number of methoxy groups -OCH3 is 1. The molecule has 1 atom stereocenters. The third-order valence-corrected chi connectivity index (χ3v) is 3.84. The lowest BCUT2D eigenvalue weighted by molar-refractivity contribution is 0.414. The van der Waals surface area contributed by atoms with Crippen molar-refractivity contribution in [2.24, 2.45) is 5.73 Å². The average molecular weight is 385 g/mol. The molecule has 2 nitrogen and oxygen atoms in total. The van der Waals surface area contributed by atoms with Gasteiger partial charge in [-0.2, -0.15) is 0 Å². The third kappa shape index (κ3) is 4.06. The predicted molar refractivity (Wildman–Crippen MR) is 85.5 cm³/mol. The fraction of sp³-hybridized carbons (Fsp3) is 0.200. The summed E-state index contributed by atoms with van der Waals surface area (Å²) in [5.74, 6) is 0.863. The number of hydrogen-bond donors (Lipinski definition) is 1. The molecule has 0 spiro atoms. The molecule has 0 bridgehead atoms. The van der Waals surface area contributed by atoms with E-state index >= 15 is 0 Å². The van der Waals surface area contributed by atoms with Crippen molar-refractivity contribution in [3.8, 4) is 5.75 Å². The van der Waals surface area contributed by atoms with Crippen molar-refractivity contribution in [3.63, 3.8) is 0 Å². The molecule has 0 aliphatic rings. The van der Waals surface area contributed by atoms with Crippen molar-refractivity contribution < 1.29 is 4.74 Å².